The zero-order chi connectivity index (χ0) is 26.5. The molecule has 0 aromatic heterocycles. The summed E-state index contributed by atoms with van der Waals surface area (Å²) in [5.41, 5.74) is 9.18. The molecular formula is C27H37Cl2N5O3. The minimum atomic E-state index is -0.159. The average Bonchev–Trinajstić information content (AvgIpc) is 3.29. The second-order valence-electron chi connectivity index (χ2n) is 10.0. The molecule has 8 nitrogen and oxygen atoms in total. The second kappa shape index (κ2) is 12.5. The number of hydrazine groups is 1. The second-order valence-corrected chi connectivity index (χ2v) is 10.8. The zero-order valence-corrected chi connectivity index (χ0v) is 23.4. The van der Waals surface area contributed by atoms with E-state index >= 15 is 0 Å². The van der Waals surface area contributed by atoms with E-state index in [1.54, 1.807) is 20.3 Å². The van der Waals surface area contributed by atoms with Gasteiger partial charge in [-0.1, -0.05) is 23.2 Å². The molecular weight excluding hydrogens is 513 g/mol. The van der Waals surface area contributed by atoms with E-state index in [0.717, 1.165) is 50.0 Å². The first kappa shape index (κ1) is 27.8. The summed E-state index contributed by atoms with van der Waals surface area (Å²) in [6, 6.07) is 9.52. The van der Waals surface area contributed by atoms with Crippen LogP contribution >= 0.6 is 23.2 Å². The molecule has 202 valence electrons. The van der Waals surface area contributed by atoms with E-state index in [0.29, 0.717) is 27.1 Å². The molecule has 0 spiro atoms. The van der Waals surface area contributed by atoms with Gasteiger partial charge in [-0.25, -0.2) is 5.43 Å². The van der Waals surface area contributed by atoms with Crippen LogP contribution in [0.25, 0.3) is 0 Å². The Balaban J connectivity index is 1.35. The van der Waals surface area contributed by atoms with E-state index in [4.69, 9.17) is 32.7 Å². The number of nitrogens with one attached hydrogen (secondary N) is 4. The topological polar surface area (TPSA) is 86.9 Å². The third-order valence-electron chi connectivity index (χ3n) is 7.32. The van der Waals surface area contributed by atoms with Crippen molar-refractivity contribution < 1.29 is 14.3 Å². The van der Waals surface area contributed by atoms with Crippen LogP contribution in [0.1, 0.15) is 47.5 Å². The lowest BCUT2D eigenvalue weighted by Crippen LogP contribution is -2.47. The fourth-order valence-corrected chi connectivity index (χ4v) is 6.13. The molecule has 4 rings (SSSR count). The minimum absolute atomic E-state index is 0.0927. The highest BCUT2D eigenvalue weighted by molar-refractivity contribution is 6.38. The molecule has 2 aromatic rings. The molecule has 2 aliphatic rings. The predicted molar refractivity (Wildman–Crippen MR) is 149 cm³/mol. The Morgan fingerprint density at radius 2 is 1.73 bits per heavy atom. The number of fused-ring (bicyclic) bond motifs is 1. The first-order chi connectivity index (χ1) is 17.8. The van der Waals surface area contributed by atoms with Gasteiger partial charge in [-0.05, 0) is 76.5 Å². The Bertz CT molecular complexity index is 1050. The number of amides is 1. The smallest absolute Gasteiger partial charge is 0.252 e. The highest BCUT2D eigenvalue weighted by Gasteiger charge is 2.42. The van der Waals surface area contributed by atoms with Crippen molar-refractivity contribution in [1.29, 1.82) is 0 Å². The number of nitrogens with zero attached hydrogens (tertiary/aromatic N) is 1. The fourth-order valence-electron chi connectivity index (χ4n) is 5.32. The van der Waals surface area contributed by atoms with Gasteiger partial charge in [0.15, 0.2) is 0 Å². The number of carbonyl (C=O) groups is 1. The Morgan fingerprint density at radius 3 is 2.35 bits per heavy atom. The number of methoxy groups -OCH3 is 2. The molecule has 1 saturated carbocycles. The number of hydrogen-bond donors (Lipinski definition) is 4. The summed E-state index contributed by atoms with van der Waals surface area (Å²) in [6.07, 6.45) is 3.52. The Labute approximate surface area is 229 Å². The maximum absolute atomic E-state index is 13.0. The first-order valence-corrected chi connectivity index (χ1v) is 13.5. The van der Waals surface area contributed by atoms with Gasteiger partial charge in [0.1, 0.15) is 11.5 Å². The lowest BCUT2D eigenvalue weighted by Gasteiger charge is -2.34. The number of benzene rings is 2. The van der Waals surface area contributed by atoms with Crippen molar-refractivity contribution in [2.75, 3.05) is 46.7 Å². The van der Waals surface area contributed by atoms with Crippen molar-refractivity contribution in [1.82, 2.24) is 21.1 Å². The Kier molecular flexibility index (Phi) is 9.42. The van der Waals surface area contributed by atoms with Crippen molar-refractivity contribution in [3.05, 3.63) is 51.5 Å². The van der Waals surface area contributed by atoms with E-state index < -0.39 is 0 Å². The molecule has 4 atom stereocenters. The maximum Gasteiger partial charge on any atom is 0.252 e. The van der Waals surface area contributed by atoms with Crippen molar-refractivity contribution >= 4 is 34.8 Å². The predicted octanol–water partition coefficient (Wildman–Crippen LogP) is 4.49. The van der Waals surface area contributed by atoms with Crippen LogP contribution in [0, 0.1) is 5.92 Å². The molecule has 2 aromatic carbocycles. The normalized spacial score (nSPS) is 23.0. The van der Waals surface area contributed by atoms with Crippen LogP contribution in [-0.2, 0) is 0 Å². The fraction of sp³-hybridized carbons (Fsp3) is 0.519. The highest BCUT2D eigenvalue weighted by atomic mass is 35.5. The standard InChI is InChI=1S/C27H37Cl2N5O3/c1-34(2)13-5-12-30-18-9-6-16(7-10-18)27(35)31-26-19-11-8-17(14-20(19)32-33-26)23-24(28)21(36-3)15-22(37-4)25(23)29/h6-7,9-10,15,17,19-20,26,30,32-33H,5,8,11-14H2,1-4H3,(H,31,35). The minimum Gasteiger partial charge on any atom is -0.495 e. The molecule has 1 amide bonds. The third kappa shape index (κ3) is 6.44. The van der Waals surface area contributed by atoms with Crippen molar-refractivity contribution in [2.24, 2.45) is 5.92 Å². The SMILES string of the molecule is COc1cc(OC)c(Cl)c(C2CCC3C(C2)NNC3NC(=O)c2ccc(NCCCN(C)C)cc2)c1Cl. The molecule has 1 aliphatic carbocycles. The molecule has 0 radical (unpaired) electrons. The van der Waals surface area contributed by atoms with Gasteiger partial charge >= 0.3 is 0 Å². The quantitative estimate of drug-likeness (QED) is 0.325. The molecule has 37 heavy (non-hydrogen) atoms. The number of carbonyl (C=O) groups excluding carboxylic acids is 1. The van der Waals surface area contributed by atoms with Gasteiger partial charge in [0.05, 0.1) is 30.4 Å². The van der Waals surface area contributed by atoms with E-state index in [2.05, 4.69) is 40.5 Å². The maximum atomic E-state index is 13.0. The van der Waals surface area contributed by atoms with E-state index in [1.807, 2.05) is 24.3 Å². The van der Waals surface area contributed by atoms with Crippen LogP contribution in [0.5, 0.6) is 11.5 Å². The van der Waals surface area contributed by atoms with Crippen molar-refractivity contribution in [3.63, 3.8) is 0 Å². The first-order valence-electron chi connectivity index (χ1n) is 12.7. The van der Waals surface area contributed by atoms with Crippen molar-refractivity contribution in [3.8, 4) is 11.5 Å². The van der Waals surface area contributed by atoms with Crippen LogP contribution in [0.15, 0.2) is 30.3 Å². The van der Waals surface area contributed by atoms with Crippen LogP contribution in [-0.4, -0.2) is 64.4 Å². The molecule has 4 N–H and O–H groups in total. The summed E-state index contributed by atoms with van der Waals surface area (Å²) in [6.45, 7) is 1.93. The van der Waals surface area contributed by atoms with Crippen LogP contribution < -0.4 is 31.0 Å². The van der Waals surface area contributed by atoms with Gasteiger partial charge in [-0.2, -0.15) is 0 Å². The van der Waals surface area contributed by atoms with E-state index in [-0.39, 0.29) is 30.0 Å². The van der Waals surface area contributed by atoms with E-state index in [9.17, 15) is 4.79 Å². The van der Waals surface area contributed by atoms with Gasteiger partial charge in [0.25, 0.3) is 5.91 Å². The largest absolute Gasteiger partial charge is 0.495 e. The van der Waals surface area contributed by atoms with Crippen LogP contribution in [0.4, 0.5) is 5.69 Å². The summed E-state index contributed by atoms with van der Waals surface area (Å²) in [7, 11) is 7.31. The number of ether oxygens (including phenoxy) is 2. The molecule has 10 heteroatoms. The van der Waals surface area contributed by atoms with Gasteiger partial charge in [0.2, 0.25) is 0 Å². The number of hydrogen-bond acceptors (Lipinski definition) is 7. The Morgan fingerprint density at radius 1 is 1.05 bits per heavy atom. The monoisotopic (exact) mass is 549 g/mol. The number of rotatable bonds is 10. The molecule has 1 saturated heterocycles. The zero-order valence-electron chi connectivity index (χ0n) is 21.9. The molecule has 4 unspecified atom stereocenters. The third-order valence-corrected chi connectivity index (χ3v) is 8.10. The summed E-state index contributed by atoms with van der Waals surface area (Å²) < 4.78 is 10.9. The summed E-state index contributed by atoms with van der Waals surface area (Å²) >= 11 is 13.4. The van der Waals surface area contributed by atoms with Crippen molar-refractivity contribution in [2.45, 2.75) is 43.8 Å². The lowest BCUT2D eigenvalue weighted by molar-refractivity contribution is 0.0915. The average molecular weight is 551 g/mol. The van der Waals surface area contributed by atoms with Crippen LogP contribution in [0.2, 0.25) is 10.0 Å². The highest BCUT2D eigenvalue weighted by Crippen LogP contribution is 2.49. The molecule has 2 fully saturated rings. The molecule has 0 bridgehead atoms. The van der Waals surface area contributed by atoms with Gasteiger partial charge in [-0.15, -0.1) is 0 Å². The summed E-state index contributed by atoms with van der Waals surface area (Å²) in [5, 5.41) is 7.62. The molecule has 1 heterocycles. The number of halogens is 2. The molecule has 1 aliphatic heterocycles. The van der Waals surface area contributed by atoms with Gasteiger partial charge in [0, 0.05) is 41.4 Å². The number of anilines is 1. The van der Waals surface area contributed by atoms with Gasteiger partial charge < -0.3 is 25.0 Å². The Hall–Kier alpha value is -2.23. The lowest BCUT2D eigenvalue weighted by atomic mass is 9.75. The van der Waals surface area contributed by atoms with E-state index in [1.165, 1.54) is 0 Å². The summed E-state index contributed by atoms with van der Waals surface area (Å²) in [5.74, 6) is 1.41. The van der Waals surface area contributed by atoms with Gasteiger partial charge in [-0.3, -0.25) is 10.2 Å². The summed E-state index contributed by atoms with van der Waals surface area (Å²) in [4.78, 5) is 15.1. The van der Waals surface area contributed by atoms with Crippen LogP contribution in [0.3, 0.4) is 0 Å².